The fraction of sp³-hybridized carbons (Fsp3) is 0.500. The summed E-state index contributed by atoms with van der Waals surface area (Å²) in [5.74, 6) is 1.23. The fourth-order valence-corrected chi connectivity index (χ4v) is 1.57. The monoisotopic (exact) mass is 258 g/mol. The Labute approximate surface area is 99.6 Å². The van der Waals surface area contributed by atoms with E-state index in [9.17, 15) is 13.2 Å². The Bertz CT molecular complexity index is 555. The maximum absolute atomic E-state index is 12.3. The van der Waals surface area contributed by atoms with Gasteiger partial charge in [-0.25, -0.2) is 0 Å². The molecule has 0 aromatic carbocycles. The summed E-state index contributed by atoms with van der Waals surface area (Å²) in [6, 6.07) is 0.919. The van der Waals surface area contributed by atoms with Crippen molar-refractivity contribution in [2.24, 2.45) is 0 Å². The first-order valence-electron chi connectivity index (χ1n) is 5.45. The molecule has 3 rings (SSSR count). The van der Waals surface area contributed by atoms with E-state index in [-0.39, 0.29) is 6.54 Å². The van der Waals surface area contributed by atoms with Crippen LogP contribution in [0.3, 0.4) is 0 Å². The van der Waals surface area contributed by atoms with Crippen LogP contribution < -0.4 is 0 Å². The van der Waals surface area contributed by atoms with Gasteiger partial charge in [0.15, 0.2) is 11.5 Å². The minimum absolute atomic E-state index is 0.0757. The van der Waals surface area contributed by atoms with Gasteiger partial charge in [-0.3, -0.25) is 4.68 Å². The van der Waals surface area contributed by atoms with Crippen molar-refractivity contribution in [1.82, 2.24) is 19.9 Å². The van der Waals surface area contributed by atoms with E-state index in [0.29, 0.717) is 17.6 Å². The van der Waals surface area contributed by atoms with Gasteiger partial charge in [-0.1, -0.05) is 5.16 Å². The number of rotatable bonds is 3. The molecule has 0 atom stereocenters. The van der Waals surface area contributed by atoms with Crippen LogP contribution in [0.5, 0.6) is 0 Å². The number of hydrogen-bond acceptors (Lipinski definition) is 4. The largest absolute Gasteiger partial charge is 0.435 e. The van der Waals surface area contributed by atoms with Crippen LogP contribution in [0.25, 0.3) is 0 Å². The molecule has 0 bridgehead atoms. The highest BCUT2D eigenvalue weighted by Crippen LogP contribution is 2.38. The molecule has 0 radical (unpaired) electrons. The molecule has 8 heteroatoms. The first-order valence-corrected chi connectivity index (χ1v) is 5.45. The number of alkyl halides is 3. The van der Waals surface area contributed by atoms with Crippen molar-refractivity contribution in [2.45, 2.75) is 31.5 Å². The highest BCUT2D eigenvalue weighted by atomic mass is 19.4. The third-order valence-electron chi connectivity index (χ3n) is 2.64. The van der Waals surface area contributed by atoms with Gasteiger partial charge in [-0.15, -0.1) is 0 Å². The zero-order chi connectivity index (χ0) is 12.8. The second-order valence-corrected chi connectivity index (χ2v) is 4.22. The quantitative estimate of drug-likeness (QED) is 0.846. The molecule has 1 fully saturated rings. The highest BCUT2D eigenvalue weighted by molar-refractivity contribution is 5.05. The summed E-state index contributed by atoms with van der Waals surface area (Å²) in [4.78, 5) is 4.12. The van der Waals surface area contributed by atoms with Gasteiger partial charge in [0.05, 0.1) is 0 Å². The maximum atomic E-state index is 12.3. The third-order valence-corrected chi connectivity index (χ3v) is 2.64. The molecule has 5 nitrogen and oxygen atoms in total. The van der Waals surface area contributed by atoms with Crippen LogP contribution in [-0.4, -0.2) is 19.9 Å². The fourth-order valence-electron chi connectivity index (χ4n) is 1.57. The lowest BCUT2D eigenvalue weighted by Gasteiger charge is -2.00. The van der Waals surface area contributed by atoms with Crippen molar-refractivity contribution < 1.29 is 17.7 Å². The topological polar surface area (TPSA) is 56.7 Å². The first kappa shape index (κ1) is 11.2. The molecule has 0 unspecified atom stereocenters. The van der Waals surface area contributed by atoms with Gasteiger partial charge in [-0.2, -0.15) is 23.3 Å². The van der Waals surface area contributed by atoms with Gasteiger partial charge in [0.25, 0.3) is 0 Å². The van der Waals surface area contributed by atoms with Crippen molar-refractivity contribution in [3.05, 3.63) is 29.7 Å². The van der Waals surface area contributed by atoms with Crippen LogP contribution in [0.1, 0.15) is 36.2 Å². The summed E-state index contributed by atoms with van der Waals surface area (Å²) >= 11 is 0. The SMILES string of the molecule is FC(F)(F)c1ccn(Cc2noc(C3CC3)n2)n1. The molecule has 0 amide bonds. The smallest absolute Gasteiger partial charge is 0.339 e. The van der Waals surface area contributed by atoms with E-state index in [1.165, 1.54) is 6.20 Å². The lowest BCUT2D eigenvalue weighted by atomic mass is 10.4. The molecule has 0 N–H and O–H groups in total. The zero-order valence-corrected chi connectivity index (χ0v) is 9.18. The minimum atomic E-state index is -4.43. The van der Waals surface area contributed by atoms with Gasteiger partial charge in [0.2, 0.25) is 5.89 Å². The lowest BCUT2D eigenvalue weighted by molar-refractivity contribution is -0.141. The van der Waals surface area contributed by atoms with Crippen LogP contribution in [0.15, 0.2) is 16.8 Å². The Morgan fingerprint density at radius 1 is 1.39 bits per heavy atom. The van der Waals surface area contributed by atoms with Gasteiger partial charge in [0, 0.05) is 12.1 Å². The number of hydrogen-bond donors (Lipinski definition) is 0. The summed E-state index contributed by atoms with van der Waals surface area (Å²) in [7, 11) is 0. The van der Waals surface area contributed by atoms with Crippen LogP contribution in [0, 0.1) is 0 Å². The van der Waals surface area contributed by atoms with Crippen molar-refractivity contribution in [3.8, 4) is 0 Å². The van der Waals surface area contributed by atoms with E-state index in [4.69, 9.17) is 4.52 Å². The molecule has 18 heavy (non-hydrogen) atoms. The van der Waals surface area contributed by atoms with Gasteiger partial charge < -0.3 is 4.52 Å². The van der Waals surface area contributed by atoms with Crippen LogP contribution >= 0.6 is 0 Å². The molecular formula is C10H9F3N4O. The second kappa shape index (κ2) is 3.82. The summed E-state index contributed by atoms with van der Waals surface area (Å²) in [5, 5.41) is 7.13. The predicted molar refractivity (Wildman–Crippen MR) is 52.6 cm³/mol. The lowest BCUT2D eigenvalue weighted by Crippen LogP contribution is -2.09. The van der Waals surface area contributed by atoms with E-state index in [1.54, 1.807) is 0 Å². The predicted octanol–water partition coefficient (Wildman–Crippen LogP) is 2.21. The van der Waals surface area contributed by atoms with Gasteiger partial charge in [-0.05, 0) is 18.9 Å². The molecule has 2 aromatic heterocycles. The van der Waals surface area contributed by atoms with Crippen LogP contribution in [0.4, 0.5) is 13.2 Å². The summed E-state index contributed by atoms with van der Waals surface area (Å²) in [6.07, 6.45) is -1.12. The van der Waals surface area contributed by atoms with Gasteiger partial charge >= 0.3 is 6.18 Å². The average Bonchev–Trinajstić information content (AvgIpc) is 2.85. The highest BCUT2D eigenvalue weighted by Gasteiger charge is 2.33. The Hall–Kier alpha value is -1.86. The molecule has 1 aliphatic rings. The molecular weight excluding hydrogens is 249 g/mol. The molecule has 96 valence electrons. The summed E-state index contributed by atoms with van der Waals surface area (Å²) in [6.45, 7) is 0.0757. The second-order valence-electron chi connectivity index (χ2n) is 4.22. The summed E-state index contributed by atoms with van der Waals surface area (Å²) in [5.41, 5.74) is -0.923. The Morgan fingerprint density at radius 2 is 2.17 bits per heavy atom. The first-order chi connectivity index (χ1) is 8.52. The Kier molecular flexibility index (Phi) is 2.39. The van der Waals surface area contributed by atoms with Crippen LogP contribution in [0.2, 0.25) is 0 Å². The van der Waals surface area contributed by atoms with E-state index < -0.39 is 11.9 Å². The maximum Gasteiger partial charge on any atom is 0.435 e. The molecule has 1 aliphatic carbocycles. The van der Waals surface area contributed by atoms with Crippen molar-refractivity contribution in [2.75, 3.05) is 0 Å². The van der Waals surface area contributed by atoms with Crippen molar-refractivity contribution >= 4 is 0 Å². The van der Waals surface area contributed by atoms with Gasteiger partial charge in [0.1, 0.15) is 6.54 Å². The van der Waals surface area contributed by atoms with Crippen LogP contribution in [-0.2, 0) is 12.7 Å². The summed E-state index contributed by atoms with van der Waals surface area (Å²) < 4.78 is 43.2. The molecule has 0 spiro atoms. The molecule has 0 aliphatic heterocycles. The normalized spacial score (nSPS) is 16.2. The van der Waals surface area contributed by atoms with E-state index in [1.807, 2.05) is 0 Å². The number of halogens is 3. The van der Waals surface area contributed by atoms with Crippen molar-refractivity contribution in [3.63, 3.8) is 0 Å². The molecule has 0 saturated heterocycles. The number of nitrogens with zero attached hydrogens (tertiary/aromatic N) is 4. The molecule has 2 aromatic rings. The van der Waals surface area contributed by atoms with Crippen molar-refractivity contribution in [1.29, 1.82) is 0 Å². The van der Waals surface area contributed by atoms with E-state index in [2.05, 4.69) is 15.2 Å². The standard InChI is InChI=1S/C10H9F3N4O/c11-10(12,13)7-3-4-17(15-7)5-8-14-9(18-16-8)6-1-2-6/h3-4,6H,1-2,5H2. The molecule has 2 heterocycles. The molecule has 1 saturated carbocycles. The zero-order valence-electron chi connectivity index (χ0n) is 9.18. The minimum Gasteiger partial charge on any atom is -0.339 e. The Balaban J connectivity index is 1.73. The van der Waals surface area contributed by atoms with E-state index in [0.717, 1.165) is 23.6 Å². The Morgan fingerprint density at radius 3 is 2.78 bits per heavy atom. The number of aromatic nitrogens is 4. The third kappa shape index (κ3) is 2.22. The van der Waals surface area contributed by atoms with E-state index >= 15 is 0 Å². The average molecular weight is 258 g/mol.